The number of nitrogens with one attached hydrogen (secondary N) is 2. The Hall–Kier alpha value is -3.18. The Morgan fingerprint density at radius 3 is 2.23 bits per heavy atom. The molecule has 2 N–H and O–H groups in total. The Morgan fingerprint density at radius 2 is 1.57 bits per heavy atom. The zero-order valence-corrected chi connectivity index (χ0v) is 18.3. The standard InChI is InChI=1S/C25H31N5/c1-19-23(17-21-11-7-5-8-12-21)18-27-29-20(2)24(22-13-9-6-10-14-22)25(28-19)26-15-16-30(3)4/h5-14,18,26-27H,15-17H2,1-4H3. The van der Waals surface area contributed by atoms with Gasteiger partial charge in [0.05, 0.1) is 5.69 Å². The molecule has 0 aliphatic carbocycles. The number of nitrogens with zero attached hydrogens (tertiary/aromatic N) is 3. The highest BCUT2D eigenvalue weighted by molar-refractivity contribution is 5.76. The first-order chi connectivity index (χ1) is 14.5. The predicted octanol–water partition coefficient (Wildman–Crippen LogP) is 4.78. The van der Waals surface area contributed by atoms with Crippen molar-refractivity contribution >= 4 is 5.82 Å². The number of rotatable bonds is 7. The van der Waals surface area contributed by atoms with Crippen molar-refractivity contribution in [3.05, 3.63) is 89.4 Å². The van der Waals surface area contributed by atoms with Gasteiger partial charge >= 0.3 is 0 Å². The van der Waals surface area contributed by atoms with Crippen LogP contribution in [0.2, 0.25) is 0 Å². The highest BCUT2D eigenvalue weighted by atomic mass is 15.1. The number of hydrogen-bond donors (Lipinski definition) is 2. The van der Waals surface area contributed by atoms with Crippen molar-refractivity contribution in [2.45, 2.75) is 20.3 Å². The van der Waals surface area contributed by atoms with E-state index in [4.69, 9.17) is 4.98 Å². The summed E-state index contributed by atoms with van der Waals surface area (Å²) in [4.78, 5) is 7.21. The molecule has 3 rings (SSSR count). The second-order valence-corrected chi connectivity index (χ2v) is 7.68. The highest BCUT2D eigenvalue weighted by Gasteiger charge is 2.11. The molecule has 5 nitrogen and oxygen atoms in total. The van der Waals surface area contributed by atoms with Gasteiger partial charge in [-0.3, -0.25) is 5.10 Å². The summed E-state index contributed by atoms with van der Waals surface area (Å²) in [5.41, 5.74) is 6.32. The Balaban J connectivity index is 2.13. The summed E-state index contributed by atoms with van der Waals surface area (Å²) in [6.45, 7) is 5.80. The summed E-state index contributed by atoms with van der Waals surface area (Å²) >= 11 is 0. The van der Waals surface area contributed by atoms with E-state index in [9.17, 15) is 0 Å². The number of hydrogen-bond acceptors (Lipinski definition) is 4. The minimum absolute atomic E-state index is 0.795. The van der Waals surface area contributed by atoms with Crippen LogP contribution in [0, 0.1) is 13.8 Å². The number of anilines is 1. The van der Waals surface area contributed by atoms with Gasteiger partial charge in [-0.1, -0.05) is 60.7 Å². The molecular formula is C25H31N5. The third-order valence-electron chi connectivity index (χ3n) is 4.97. The van der Waals surface area contributed by atoms with Crippen molar-refractivity contribution in [1.82, 2.24) is 20.1 Å². The molecule has 0 unspecified atom stereocenters. The maximum absolute atomic E-state index is 5.06. The van der Waals surface area contributed by atoms with Crippen LogP contribution in [0.15, 0.2) is 66.9 Å². The predicted molar refractivity (Wildman–Crippen MR) is 125 cm³/mol. The molecule has 156 valence electrons. The molecule has 0 radical (unpaired) electrons. The van der Waals surface area contributed by atoms with Gasteiger partial charge in [-0.25, -0.2) is 4.98 Å². The van der Waals surface area contributed by atoms with E-state index in [1.807, 2.05) is 37.4 Å². The SMILES string of the molecule is Cc1nc(NCCN(C)C)c(-c2ccccc2)c(C)n[nH]cc1Cc1ccccc1. The van der Waals surface area contributed by atoms with Crippen molar-refractivity contribution in [3.63, 3.8) is 0 Å². The molecule has 0 amide bonds. The van der Waals surface area contributed by atoms with E-state index in [1.54, 1.807) is 0 Å². The number of benzene rings is 2. The molecule has 3 aromatic rings. The molecule has 0 fully saturated rings. The molecule has 1 aromatic heterocycles. The van der Waals surface area contributed by atoms with Gasteiger partial charge in [0.1, 0.15) is 5.82 Å². The highest BCUT2D eigenvalue weighted by Crippen LogP contribution is 2.28. The second kappa shape index (κ2) is 10.6. The lowest BCUT2D eigenvalue weighted by Crippen LogP contribution is -2.21. The average molecular weight is 402 g/mol. The molecule has 0 atom stereocenters. The summed E-state index contributed by atoms with van der Waals surface area (Å²) in [5, 5.41) is 11.3. The van der Waals surface area contributed by atoms with E-state index in [1.165, 1.54) is 5.56 Å². The summed E-state index contributed by atoms with van der Waals surface area (Å²) in [6, 6.07) is 20.8. The minimum atomic E-state index is 0.795. The van der Waals surface area contributed by atoms with Gasteiger partial charge in [0.2, 0.25) is 0 Å². The van der Waals surface area contributed by atoms with Crippen LogP contribution < -0.4 is 5.32 Å². The quantitative estimate of drug-likeness (QED) is 0.598. The monoisotopic (exact) mass is 401 g/mol. The molecule has 0 aliphatic rings. The second-order valence-electron chi connectivity index (χ2n) is 7.68. The minimum Gasteiger partial charge on any atom is -0.368 e. The number of aryl methyl sites for hydroxylation is 2. The average Bonchev–Trinajstić information content (AvgIpc) is 2.79. The number of likely N-dealkylation sites (N-methyl/N-ethyl adjacent to an activating group) is 1. The fourth-order valence-electron chi connectivity index (χ4n) is 3.31. The van der Waals surface area contributed by atoms with Gasteiger partial charge < -0.3 is 10.2 Å². The van der Waals surface area contributed by atoms with Gasteiger partial charge in [0, 0.05) is 37.0 Å². The first kappa shape index (κ1) is 21.5. The lowest BCUT2D eigenvalue weighted by molar-refractivity contribution is 0.425. The van der Waals surface area contributed by atoms with Crippen molar-refractivity contribution in [2.75, 3.05) is 32.5 Å². The zero-order chi connectivity index (χ0) is 21.3. The number of aromatic nitrogens is 3. The molecule has 5 heteroatoms. The smallest absolute Gasteiger partial charge is 0.136 e. The Bertz CT molecular complexity index is 993. The topological polar surface area (TPSA) is 56.8 Å². The molecule has 0 aliphatic heterocycles. The summed E-state index contributed by atoms with van der Waals surface area (Å²) < 4.78 is 0. The van der Waals surface area contributed by atoms with Gasteiger partial charge in [-0.05, 0) is 44.6 Å². The van der Waals surface area contributed by atoms with Crippen LogP contribution >= 0.6 is 0 Å². The first-order valence-electron chi connectivity index (χ1n) is 10.3. The summed E-state index contributed by atoms with van der Waals surface area (Å²) in [6.07, 6.45) is 2.75. The van der Waals surface area contributed by atoms with Crippen LogP contribution in [0.25, 0.3) is 11.1 Å². The lowest BCUT2D eigenvalue weighted by atomic mass is 10.0. The molecule has 30 heavy (non-hydrogen) atoms. The summed E-state index contributed by atoms with van der Waals surface area (Å²) in [7, 11) is 4.15. The van der Waals surface area contributed by atoms with Crippen molar-refractivity contribution in [3.8, 4) is 11.1 Å². The van der Waals surface area contributed by atoms with Crippen LogP contribution in [0.4, 0.5) is 5.82 Å². The molecule has 0 bridgehead atoms. The van der Waals surface area contributed by atoms with Gasteiger partial charge in [0.25, 0.3) is 0 Å². The normalized spacial score (nSPS) is 10.7. The van der Waals surface area contributed by atoms with E-state index in [2.05, 4.69) is 77.8 Å². The Kier molecular flexibility index (Phi) is 7.57. The molecule has 1 heterocycles. The Morgan fingerprint density at radius 1 is 0.900 bits per heavy atom. The van der Waals surface area contributed by atoms with E-state index in [0.717, 1.165) is 53.4 Å². The zero-order valence-electron chi connectivity index (χ0n) is 18.3. The lowest BCUT2D eigenvalue weighted by Gasteiger charge is -2.14. The molecular weight excluding hydrogens is 370 g/mol. The maximum atomic E-state index is 5.06. The van der Waals surface area contributed by atoms with Crippen LogP contribution in [0.5, 0.6) is 0 Å². The maximum Gasteiger partial charge on any atom is 0.136 e. The fraction of sp³-hybridized carbons (Fsp3) is 0.280. The van der Waals surface area contributed by atoms with Crippen LogP contribution in [-0.2, 0) is 6.42 Å². The molecule has 0 saturated heterocycles. The number of aromatic amines is 1. The third-order valence-corrected chi connectivity index (χ3v) is 4.97. The van der Waals surface area contributed by atoms with Gasteiger partial charge in [-0.2, -0.15) is 5.10 Å². The Labute approximate surface area is 179 Å². The van der Waals surface area contributed by atoms with E-state index < -0.39 is 0 Å². The fourth-order valence-corrected chi connectivity index (χ4v) is 3.31. The van der Waals surface area contributed by atoms with Crippen molar-refractivity contribution in [1.29, 1.82) is 0 Å². The van der Waals surface area contributed by atoms with Crippen LogP contribution in [0.3, 0.4) is 0 Å². The number of H-pyrrole nitrogens is 1. The molecule has 2 aromatic carbocycles. The van der Waals surface area contributed by atoms with Gasteiger partial charge in [-0.15, -0.1) is 0 Å². The third kappa shape index (κ3) is 5.91. The van der Waals surface area contributed by atoms with Crippen LogP contribution in [-0.4, -0.2) is 47.3 Å². The van der Waals surface area contributed by atoms with Crippen molar-refractivity contribution < 1.29 is 0 Å². The van der Waals surface area contributed by atoms with E-state index in [-0.39, 0.29) is 0 Å². The first-order valence-corrected chi connectivity index (χ1v) is 10.3. The van der Waals surface area contributed by atoms with E-state index in [0.29, 0.717) is 0 Å². The van der Waals surface area contributed by atoms with E-state index >= 15 is 0 Å². The van der Waals surface area contributed by atoms with Gasteiger partial charge in [0.15, 0.2) is 0 Å². The van der Waals surface area contributed by atoms with Crippen molar-refractivity contribution in [2.24, 2.45) is 0 Å². The molecule has 0 spiro atoms. The summed E-state index contributed by atoms with van der Waals surface area (Å²) in [5.74, 6) is 0.851. The van der Waals surface area contributed by atoms with Crippen LogP contribution in [0.1, 0.15) is 22.5 Å². The largest absolute Gasteiger partial charge is 0.368 e. The molecule has 0 saturated carbocycles.